The average molecular weight is 536 g/mol. The van der Waals surface area contributed by atoms with Gasteiger partial charge in [0.25, 0.3) is 0 Å². The lowest BCUT2D eigenvalue weighted by Crippen LogP contribution is -2.52. The number of amides is 1. The fourth-order valence-corrected chi connectivity index (χ4v) is 6.19. The molecule has 0 radical (unpaired) electrons. The molecule has 1 saturated carbocycles. The highest BCUT2D eigenvalue weighted by molar-refractivity contribution is 5.81. The Bertz CT molecular complexity index is 1330. The van der Waals surface area contributed by atoms with Gasteiger partial charge in [-0.3, -0.25) is 4.79 Å². The van der Waals surface area contributed by atoms with Crippen molar-refractivity contribution >= 4 is 5.91 Å². The molecule has 0 bridgehead atoms. The van der Waals surface area contributed by atoms with Crippen molar-refractivity contribution in [1.29, 1.82) is 0 Å². The van der Waals surface area contributed by atoms with Crippen LogP contribution in [0, 0.1) is 5.92 Å². The smallest absolute Gasteiger partial charge is 0.224 e. The summed E-state index contributed by atoms with van der Waals surface area (Å²) < 4.78 is 23.7. The van der Waals surface area contributed by atoms with Crippen LogP contribution in [0.4, 0.5) is 0 Å². The number of fused-ring (bicyclic) bond motifs is 3. The predicted molar refractivity (Wildman–Crippen MR) is 142 cm³/mol. The molecule has 1 aliphatic carbocycles. The van der Waals surface area contributed by atoms with Crippen molar-refractivity contribution in [3.8, 4) is 23.0 Å². The zero-order valence-corrected chi connectivity index (χ0v) is 21.9. The predicted octanol–water partition coefficient (Wildman–Crippen LogP) is 2.59. The fourth-order valence-electron chi connectivity index (χ4n) is 6.19. The lowest BCUT2D eigenvalue weighted by molar-refractivity contribution is -0.154. The van der Waals surface area contributed by atoms with Crippen molar-refractivity contribution in [3.63, 3.8) is 0 Å². The molecule has 9 heteroatoms. The van der Waals surface area contributed by atoms with E-state index in [1.807, 2.05) is 30.3 Å². The summed E-state index contributed by atoms with van der Waals surface area (Å²) in [4.78, 5) is 12.9. The molecule has 1 aliphatic heterocycles. The van der Waals surface area contributed by atoms with Crippen LogP contribution in [0.1, 0.15) is 35.4 Å². The van der Waals surface area contributed by atoms with E-state index in [0.717, 1.165) is 0 Å². The minimum atomic E-state index is -2.13. The minimum absolute atomic E-state index is 0.0667. The van der Waals surface area contributed by atoms with Crippen LogP contribution < -0.4 is 24.7 Å². The Kier molecular flexibility index (Phi) is 7.15. The quantitative estimate of drug-likeness (QED) is 0.291. The third-order valence-electron chi connectivity index (χ3n) is 7.87. The number of unbranched alkanes of at least 4 members (excludes halogenated alkanes) is 1. The van der Waals surface area contributed by atoms with Gasteiger partial charge in [-0.15, -0.1) is 0 Å². The SMILES string of the molecule is COc1ccc([C@@]23Oc4cc(OCCCCO)cc(OC)c4[C@]2(O)[C@H](O)[C@H](C(N)=O)[C@H]3c2ccccc2)cc1. The molecule has 5 N–H and O–H groups in total. The Balaban J connectivity index is 1.76. The van der Waals surface area contributed by atoms with E-state index in [-0.39, 0.29) is 23.7 Å². The van der Waals surface area contributed by atoms with Gasteiger partial charge in [0, 0.05) is 24.7 Å². The molecule has 5 rings (SSSR count). The Morgan fingerprint density at radius 1 is 1.00 bits per heavy atom. The van der Waals surface area contributed by atoms with Crippen LogP contribution >= 0.6 is 0 Å². The first-order valence-electron chi connectivity index (χ1n) is 12.9. The van der Waals surface area contributed by atoms with E-state index in [1.54, 1.807) is 43.5 Å². The van der Waals surface area contributed by atoms with E-state index < -0.39 is 35.0 Å². The number of benzene rings is 3. The first-order chi connectivity index (χ1) is 18.8. The Labute approximate surface area is 226 Å². The molecule has 1 heterocycles. The lowest BCUT2D eigenvalue weighted by Gasteiger charge is -2.40. The van der Waals surface area contributed by atoms with Crippen LogP contribution in [0.15, 0.2) is 66.7 Å². The van der Waals surface area contributed by atoms with Crippen LogP contribution in [0.5, 0.6) is 23.0 Å². The van der Waals surface area contributed by atoms with Gasteiger partial charge in [0.05, 0.1) is 32.3 Å². The Morgan fingerprint density at radius 2 is 1.72 bits per heavy atom. The van der Waals surface area contributed by atoms with E-state index in [4.69, 9.17) is 29.8 Å². The van der Waals surface area contributed by atoms with Gasteiger partial charge < -0.3 is 40.0 Å². The molecule has 5 atom stereocenters. The molecule has 1 fully saturated rings. The van der Waals surface area contributed by atoms with Crippen molar-refractivity contribution in [2.45, 2.75) is 36.1 Å². The van der Waals surface area contributed by atoms with Crippen LogP contribution in [0.25, 0.3) is 0 Å². The number of carbonyl (C=O) groups excluding carboxylic acids is 1. The number of hydrogen-bond donors (Lipinski definition) is 4. The standard InChI is InChI=1S/C30H33NO8/c1-36-20-12-10-19(11-13-20)30-25(18-8-4-3-5-9-18)24(28(31)34)27(33)29(30,35)26-22(37-2)16-21(17-23(26)39-30)38-15-7-6-14-32/h3-5,8-13,16-17,24-25,27,32-33,35H,6-7,14-15H2,1-2H3,(H2,31,34)/t24-,25-,27-,29+,30+/m1/s1. The maximum Gasteiger partial charge on any atom is 0.224 e. The van der Waals surface area contributed by atoms with Gasteiger partial charge in [0.2, 0.25) is 5.91 Å². The number of nitrogens with two attached hydrogens (primary N) is 1. The number of rotatable bonds is 10. The van der Waals surface area contributed by atoms with Gasteiger partial charge in [-0.1, -0.05) is 42.5 Å². The molecular weight excluding hydrogens is 502 g/mol. The van der Waals surface area contributed by atoms with E-state index in [1.165, 1.54) is 7.11 Å². The second-order valence-electron chi connectivity index (χ2n) is 9.87. The topological polar surface area (TPSA) is 141 Å². The lowest BCUT2D eigenvalue weighted by atomic mass is 9.70. The van der Waals surface area contributed by atoms with Crippen LogP contribution in [-0.2, 0) is 16.0 Å². The van der Waals surface area contributed by atoms with Crippen molar-refractivity contribution in [1.82, 2.24) is 0 Å². The van der Waals surface area contributed by atoms with E-state index in [2.05, 4.69) is 0 Å². The second-order valence-corrected chi connectivity index (χ2v) is 9.87. The molecule has 3 aromatic rings. The average Bonchev–Trinajstić information content (AvgIpc) is 3.33. The first-order valence-corrected chi connectivity index (χ1v) is 12.9. The van der Waals surface area contributed by atoms with Crippen molar-refractivity contribution in [2.75, 3.05) is 27.4 Å². The van der Waals surface area contributed by atoms with E-state index in [9.17, 15) is 15.0 Å². The van der Waals surface area contributed by atoms with Crippen molar-refractivity contribution < 1.29 is 39.1 Å². The van der Waals surface area contributed by atoms with Gasteiger partial charge in [-0.2, -0.15) is 0 Å². The van der Waals surface area contributed by atoms with Crippen molar-refractivity contribution in [3.05, 3.63) is 83.4 Å². The third kappa shape index (κ3) is 4.00. The molecule has 206 valence electrons. The number of primary amides is 1. The normalized spacial score (nSPS) is 26.8. The summed E-state index contributed by atoms with van der Waals surface area (Å²) in [6.45, 7) is 0.423. The van der Waals surface area contributed by atoms with E-state index >= 15 is 0 Å². The van der Waals surface area contributed by atoms with Gasteiger partial charge >= 0.3 is 0 Å². The third-order valence-corrected chi connectivity index (χ3v) is 7.87. The Hall–Kier alpha value is -3.79. The molecule has 2 aliphatic rings. The number of methoxy groups -OCH3 is 2. The zero-order chi connectivity index (χ0) is 27.8. The van der Waals surface area contributed by atoms with Gasteiger partial charge in [-0.05, 0) is 36.1 Å². The summed E-state index contributed by atoms with van der Waals surface area (Å²) in [5.41, 5.74) is 3.51. The van der Waals surface area contributed by atoms with Gasteiger partial charge in [0.1, 0.15) is 29.1 Å². The van der Waals surface area contributed by atoms with Crippen molar-refractivity contribution in [2.24, 2.45) is 11.7 Å². The molecule has 9 nitrogen and oxygen atoms in total. The highest BCUT2D eigenvalue weighted by Crippen LogP contribution is 2.70. The number of aliphatic hydroxyl groups excluding tert-OH is 2. The number of carbonyl (C=O) groups is 1. The highest BCUT2D eigenvalue weighted by atomic mass is 16.5. The van der Waals surface area contributed by atoms with Gasteiger partial charge in [0.15, 0.2) is 11.2 Å². The monoisotopic (exact) mass is 535 g/mol. The number of ether oxygens (including phenoxy) is 4. The van der Waals surface area contributed by atoms with Crippen LogP contribution in [0.2, 0.25) is 0 Å². The molecule has 3 aromatic carbocycles. The maximum atomic E-state index is 12.9. The number of hydrogen-bond acceptors (Lipinski definition) is 8. The summed E-state index contributed by atoms with van der Waals surface area (Å²) in [6, 6.07) is 19.4. The molecule has 0 saturated heterocycles. The fraction of sp³-hybridized carbons (Fsp3) is 0.367. The molecule has 39 heavy (non-hydrogen) atoms. The van der Waals surface area contributed by atoms with Gasteiger partial charge in [-0.25, -0.2) is 0 Å². The summed E-state index contributed by atoms with van der Waals surface area (Å²) in [7, 11) is 3.00. The highest BCUT2D eigenvalue weighted by Gasteiger charge is 2.77. The van der Waals surface area contributed by atoms with Crippen LogP contribution in [-0.4, -0.2) is 54.8 Å². The summed E-state index contributed by atoms with van der Waals surface area (Å²) in [5.74, 6) is -1.30. The molecule has 1 amide bonds. The first kappa shape index (κ1) is 26.8. The maximum absolute atomic E-state index is 12.9. The second kappa shape index (κ2) is 10.4. The summed E-state index contributed by atoms with van der Waals surface area (Å²) in [6.07, 6.45) is -0.391. The molecule has 0 unspecified atom stereocenters. The number of aliphatic hydroxyl groups is 3. The molecule has 0 aromatic heterocycles. The molecular formula is C30H33NO8. The summed E-state index contributed by atoms with van der Waals surface area (Å²) in [5, 5.41) is 33.6. The largest absolute Gasteiger partial charge is 0.497 e. The minimum Gasteiger partial charge on any atom is -0.497 e. The van der Waals surface area contributed by atoms with Crippen LogP contribution in [0.3, 0.4) is 0 Å². The van der Waals surface area contributed by atoms with E-state index in [0.29, 0.717) is 42.1 Å². The Morgan fingerprint density at radius 3 is 2.33 bits per heavy atom. The summed E-state index contributed by atoms with van der Waals surface area (Å²) >= 11 is 0. The molecule has 0 spiro atoms. The zero-order valence-electron chi connectivity index (χ0n) is 21.9.